The van der Waals surface area contributed by atoms with E-state index in [1.165, 1.54) is 6.20 Å². The molecular weight excluding hydrogens is 222 g/mol. The molecule has 7 heteroatoms. The van der Waals surface area contributed by atoms with Crippen LogP contribution in [0.2, 0.25) is 0 Å². The molecular formula is C10H17N5O2. The number of nitrogens with zero attached hydrogens (tertiary/aromatic N) is 2. The minimum Gasteiger partial charge on any atom is -0.354 e. The molecule has 0 saturated heterocycles. The van der Waals surface area contributed by atoms with Gasteiger partial charge in [0.1, 0.15) is 0 Å². The highest BCUT2D eigenvalue weighted by atomic mass is 16.2. The summed E-state index contributed by atoms with van der Waals surface area (Å²) in [5.74, 6) is -0.408. The van der Waals surface area contributed by atoms with E-state index in [0.717, 1.165) is 6.42 Å². The molecule has 0 fully saturated rings. The molecule has 0 saturated carbocycles. The van der Waals surface area contributed by atoms with Crippen LogP contribution in [0.4, 0.5) is 0 Å². The Morgan fingerprint density at radius 3 is 2.88 bits per heavy atom. The van der Waals surface area contributed by atoms with Gasteiger partial charge < -0.3 is 10.6 Å². The smallest absolute Gasteiger partial charge is 0.273 e. The molecule has 1 atom stereocenters. The number of nitrogens with one attached hydrogen (secondary N) is 3. The second-order valence-corrected chi connectivity index (χ2v) is 3.74. The Balaban J connectivity index is 2.20. The predicted molar refractivity (Wildman–Crippen MR) is 61.2 cm³/mol. The van der Waals surface area contributed by atoms with Crippen LogP contribution in [0.5, 0.6) is 0 Å². The molecule has 0 spiro atoms. The van der Waals surface area contributed by atoms with Crippen LogP contribution in [0.15, 0.2) is 6.20 Å². The minimum atomic E-state index is -0.338. The van der Waals surface area contributed by atoms with Crippen LogP contribution < -0.4 is 10.6 Å². The van der Waals surface area contributed by atoms with Crippen molar-refractivity contribution in [3.63, 3.8) is 0 Å². The van der Waals surface area contributed by atoms with E-state index in [9.17, 15) is 9.59 Å². The van der Waals surface area contributed by atoms with Gasteiger partial charge in [-0.2, -0.15) is 15.4 Å². The predicted octanol–water partition coefficient (Wildman–Crippen LogP) is -0.161. The molecule has 0 bridgehead atoms. The third kappa shape index (κ3) is 4.62. The van der Waals surface area contributed by atoms with Crippen LogP contribution in [0, 0.1) is 0 Å². The van der Waals surface area contributed by atoms with Crippen LogP contribution in [-0.2, 0) is 4.79 Å². The number of carbonyl (C=O) groups excluding carboxylic acids is 2. The van der Waals surface area contributed by atoms with Gasteiger partial charge in [-0.15, -0.1) is 0 Å². The maximum Gasteiger partial charge on any atom is 0.273 e. The summed E-state index contributed by atoms with van der Waals surface area (Å²) in [7, 11) is 0. The van der Waals surface area contributed by atoms with Crippen LogP contribution in [0.1, 0.15) is 37.2 Å². The first-order chi connectivity index (χ1) is 8.13. The molecule has 0 aliphatic carbocycles. The Bertz CT molecular complexity index is 363. The van der Waals surface area contributed by atoms with Gasteiger partial charge in [-0.25, -0.2) is 0 Å². The summed E-state index contributed by atoms with van der Waals surface area (Å²) in [6, 6.07) is 0.161. The van der Waals surface area contributed by atoms with Crippen molar-refractivity contribution in [3.05, 3.63) is 11.9 Å². The largest absolute Gasteiger partial charge is 0.354 e. The molecule has 0 aromatic carbocycles. The normalized spacial score (nSPS) is 11.9. The fourth-order valence-corrected chi connectivity index (χ4v) is 1.14. The van der Waals surface area contributed by atoms with Gasteiger partial charge in [-0.1, -0.05) is 6.92 Å². The van der Waals surface area contributed by atoms with Gasteiger partial charge in [0, 0.05) is 19.0 Å². The summed E-state index contributed by atoms with van der Waals surface area (Å²) >= 11 is 0. The van der Waals surface area contributed by atoms with Crippen molar-refractivity contribution >= 4 is 11.8 Å². The van der Waals surface area contributed by atoms with Crippen molar-refractivity contribution in [1.82, 2.24) is 26.0 Å². The van der Waals surface area contributed by atoms with Crippen LogP contribution in [0.3, 0.4) is 0 Å². The molecule has 0 radical (unpaired) electrons. The average Bonchev–Trinajstić information content (AvgIpc) is 2.82. The third-order valence-electron chi connectivity index (χ3n) is 2.31. The molecule has 7 nitrogen and oxygen atoms in total. The maximum atomic E-state index is 11.4. The SMILES string of the molecule is CCC(C)NC(=O)CCNC(=O)c1cn[nH]n1. The van der Waals surface area contributed by atoms with E-state index in [2.05, 4.69) is 26.0 Å². The standard InChI is InChI=1S/C10H17N5O2/c1-3-7(2)13-9(16)4-5-11-10(17)8-6-12-15-14-8/h6-7H,3-5H2,1-2H3,(H,11,17)(H,13,16)(H,12,14,15). The highest BCUT2D eigenvalue weighted by molar-refractivity contribution is 5.92. The monoisotopic (exact) mass is 239 g/mol. The molecule has 1 heterocycles. The van der Waals surface area contributed by atoms with E-state index in [-0.39, 0.29) is 36.5 Å². The molecule has 2 amide bonds. The zero-order valence-electron chi connectivity index (χ0n) is 9.99. The Kier molecular flexibility index (Phi) is 5.12. The van der Waals surface area contributed by atoms with E-state index in [1.54, 1.807) is 0 Å². The van der Waals surface area contributed by atoms with Crippen molar-refractivity contribution in [2.45, 2.75) is 32.7 Å². The molecule has 0 aliphatic rings. The summed E-state index contributed by atoms with van der Waals surface area (Å²) in [5, 5.41) is 14.9. The lowest BCUT2D eigenvalue weighted by atomic mass is 10.2. The zero-order chi connectivity index (χ0) is 12.7. The fraction of sp³-hybridized carbons (Fsp3) is 0.600. The lowest BCUT2D eigenvalue weighted by Gasteiger charge is -2.11. The summed E-state index contributed by atoms with van der Waals surface area (Å²) in [4.78, 5) is 22.8. The number of H-pyrrole nitrogens is 1. The van der Waals surface area contributed by atoms with Crippen molar-refractivity contribution < 1.29 is 9.59 Å². The molecule has 1 aromatic rings. The average molecular weight is 239 g/mol. The first-order valence-corrected chi connectivity index (χ1v) is 5.56. The van der Waals surface area contributed by atoms with Gasteiger partial charge in [0.25, 0.3) is 5.91 Å². The minimum absolute atomic E-state index is 0.0696. The first-order valence-electron chi connectivity index (χ1n) is 5.56. The van der Waals surface area contributed by atoms with Gasteiger partial charge in [-0.3, -0.25) is 9.59 Å². The number of hydrogen-bond donors (Lipinski definition) is 3. The van der Waals surface area contributed by atoms with Gasteiger partial charge in [0.05, 0.1) is 6.20 Å². The highest BCUT2D eigenvalue weighted by Gasteiger charge is 2.09. The number of amides is 2. The lowest BCUT2D eigenvalue weighted by molar-refractivity contribution is -0.121. The van der Waals surface area contributed by atoms with Crippen LogP contribution in [-0.4, -0.2) is 39.8 Å². The Morgan fingerprint density at radius 1 is 1.53 bits per heavy atom. The number of carbonyl (C=O) groups is 2. The van der Waals surface area contributed by atoms with E-state index >= 15 is 0 Å². The molecule has 1 rings (SSSR count). The zero-order valence-corrected chi connectivity index (χ0v) is 9.99. The summed E-state index contributed by atoms with van der Waals surface area (Å²) in [6.07, 6.45) is 2.47. The number of aromatic nitrogens is 3. The maximum absolute atomic E-state index is 11.4. The molecule has 0 aliphatic heterocycles. The summed E-state index contributed by atoms with van der Waals surface area (Å²) < 4.78 is 0. The Hall–Kier alpha value is -1.92. The molecule has 94 valence electrons. The molecule has 1 aromatic heterocycles. The second kappa shape index (κ2) is 6.62. The van der Waals surface area contributed by atoms with E-state index in [4.69, 9.17) is 0 Å². The van der Waals surface area contributed by atoms with Gasteiger partial charge in [0.2, 0.25) is 5.91 Å². The van der Waals surface area contributed by atoms with Crippen LogP contribution >= 0.6 is 0 Å². The molecule has 1 unspecified atom stereocenters. The van der Waals surface area contributed by atoms with Gasteiger partial charge in [0.15, 0.2) is 5.69 Å². The first kappa shape index (κ1) is 13.1. The van der Waals surface area contributed by atoms with Crippen molar-refractivity contribution in [2.24, 2.45) is 0 Å². The Labute approximate surface area is 99.4 Å². The number of rotatable bonds is 6. The van der Waals surface area contributed by atoms with Gasteiger partial charge >= 0.3 is 0 Å². The number of aromatic amines is 1. The van der Waals surface area contributed by atoms with Crippen LogP contribution in [0.25, 0.3) is 0 Å². The van der Waals surface area contributed by atoms with Crippen molar-refractivity contribution in [2.75, 3.05) is 6.54 Å². The molecule has 17 heavy (non-hydrogen) atoms. The van der Waals surface area contributed by atoms with Gasteiger partial charge in [-0.05, 0) is 13.3 Å². The highest BCUT2D eigenvalue weighted by Crippen LogP contribution is 1.91. The number of hydrogen-bond acceptors (Lipinski definition) is 4. The fourth-order valence-electron chi connectivity index (χ4n) is 1.14. The van der Waals surface area contributed by atoms with E-state index in [0.29, 0.717) is 0 Å². The summed E-state index contributed by atoms with van der Waals surface area (Å²) in [6.45, 7) is 4.22. The topological polar surface area (TPSA) is 99.8 Å². The van der Waals surface area contributed by atoms with Crippen molar-refractivity contribution in [1.29, 1.82) is 0 Å². The lowest BCUT2D eigenvalue weighted by Crippen LogP contribution is -2.35. The second-order valence-electron chi connectivity index (χ2n) is 3.74. The summed E-state index contributed by atoms with van der Waals surface area (Å²) in [5.41, 5.74) is 0.215. The van der Waals surface area contributed by atoms with E-state index < -0.39 is 0 Å². The van der Waals surface area contributed by atoms with Crippen molar-refractivity contribution in [3.8, 4) is 0 Å². The third-order valence-corrected chi connectivity index (χ3v) is 2.31. The van der Waals surface area contributed by atoms with E-state index in [1.807, 2.05) is 13.8 Å². The quantitative estimate of drug-likeness (QED) is 0.642. The Morgan fingerprint density at radius 2 is 2.29 bits per heavy atom. The molecule has 3 N–H and O–H groups in total.